The number of imidazole rings is 1. The number of aromatic nitrogens is 2. The number of hydrogen-bond acceptors (Lipinski definition) is 4. The largest absolute Gasteiger partial charge is 0.334 e. The molecule has 0 saturated carbocycles. The molecule has 2 heterocycles. The Bertz CT molecular complexity index is 523. The second-order valence-electron chi connectivity index (χ2n) is 4.63. The second-order valence-corrected chi connectivity index (χ2v) is 6.52. The van der Waals surface area contributed by atoms with Crippen molar-refractivity contribution in [3.63, 3.8) is 0 Å². The van der Waals surface area contributed by atoms with Gasteiger partial charge in [-0.2, -0.15) is 4.31 Å². The number of nitrogens with one attached hydrogen (secondary N) is 1. The van der Waals surface area contributed by atoms with Gasteiger partial charge in [0.25, 0.3) is 10.0 Å². The van der Waals surface area contributed by atoms with Gasteiger partial charge < -0.3 is 9.88 Å². The molecule has 1 aliphatic rings. The number of sulfonamides is 1. The van der Waals surface area contributed by atoms with Gasteiger partial charge in [-0.05, 0) is 20.8 Å². The Hall–Kier alpha value is -0.920. The van der Waals surface area contributed by atoms with Gasteiger partial charge in [0.2, 0.25) is 0 Å². The molecular formula is C11H20N4O2S. The van der Waals surface area contributed by atoms with Crippen LogP contribution >= 0.6 is 0 Å². The topological polar surface area (TPSA) is 67.2 Å². The maximum atomic E-state index is 12.4. The molecule has 6 nitrogen and oxygen atoms in total. The fourth-order valence-electron chi connectivity index (χ4n) is 2.17. The molecule has 0 aromatic carbocycles. The summed E-state index contributed by atoms with van der Waals surface area (Å²) < 4.78 is 28.2. The maximum absolute atomic E-state index is 12.4. The predicted molar refractivity (Wildman–Crippen MR) is 68.9 cm³/mol. The van der Waals surface area contributed by atoms with Crippen molar-refractivity contribution in [2.45, 2.75) is 38.4 Å². The van der Waals surface area contributed by atoms with Gasteiger partial charge in [0.05, 0.1) is 0 Å². The first-order valence-electron chi connectivity index (χ1n) is 6.22. The fraction of sp³-hybridized carbons (Fsp3) is 0.727. The van der Waals surface area contributed by atoms with Crippen LogP contribution in [-0.4, -0.2) is 48.0 Å². The zero-order valence-corrected chi connectivity index (χ0v) is 11.9. The van der Waals surface area contributed by atoms with Crippen LogP contribution in [0.3, 0.4) is 0 Å². The minimum atomic E-state index is -3.45. The van der Waals surface area contributed by atoms with Crippen LogP contribution in [0.4, 0.5) is 0 Å². The van der Waals surface area contributed by atoms with E-state index in [1.807, 2.05) is 25.3 Å². The highest BCUT2D eigenvalue weighted by atomic mass is 32.2. The summed E-state index contributed by atoms with van der Waals surface area (Å²) in [4.78, 5) is 4.17. The highest BCUT2D eigenvalue weighted by molar-refractivity contribution is 7.89. The van der Waals surface area contributed by atoms with Gasteiger partial charge in [-0.3, -0.25) is 0 Å². The van der Waals surface area contributed by atoms with E-state index in [2.05, 4.69) is 10.3 Å². The quantitative estimate of drug-likeness (QED) is 0.853. The lowest BCUT2D eigenvalue weighted by atomic mass is 10.3. The molecule has 0 spiro atoms. The molecule has 1 aromatic heterocycles. The van der Waals surface area contributed by atoms with E-state index in [1.54, 1.807) is 6.20 Å². The molecule has 0 radical (unpaired) electrons. The van der Waals surface area contributed by atoms with Gasteiger partial charge >= 0.3 is 0 Å². The molecule has 1 N–H and O–H groups in total. The van der Waals surface area contributed by atoms with Crippen LogP contribution in [0.1, 0.15) is 19.7 Å². The van der Waals surface area contributed by atoms with Crippen molar-refractivity contribution in [3.8, 4) is 0 Å². The highest BCUT2D eigenvalue weighted by Crippen LogP contribution is 2.16. The zero-order chi connectivity index (χ0) is 13.3. The van der Waals surface area contributed by atoms with Crippen molar-refractivity contribution in [1.82, 2.24) is 19.2 Å². The number of piperazine rings is 1. The Balaban J connectivity index is 2.29. The van der Waals surface area contributed by atoms with Crippen molar-refractivity contribution in [2.75, 3.05) is 19.6 Å². The average Bonchev–Trinajstić information content (AvgIpc) is 2.71. The normalized spacial score (nSPS) is 22.3. The molecule has 1 saturated heterocycles. The standard InChI is InChI=1S/C11H20N4O2S/c1-4-14-8-11(13-10(14)3)18(16,17)15-6-5-12-9(2)7-15/h8-9,12H,4-7H2,1-3H3/t9-/m0/s1. The van der Waals surface area contributed by atoms with E-state index >= 15 is 0 Å². The predicted octanol–water partition coefficient (Wildman–Crippen LogP) is 0.194. The summed E-state index contributed by atoms with van der Waals surface area (Å²) in [6.45, 7) is 8.20. The molecule has 0 bridgehead atoms. The summed E-state index contributed by atoms with van der Waals surface area (Å²) in [5.74, 6) is 0.735. The maximum Gasteiger partial charge on any atom is 0.262 e. The first kappa shape index (κ1) is 13.5. The van der Waals surface area contributed by atoms with E-state index < -0.39 is 10.0 Å². The summed E-state index contributed by atoms with van der Waals surface area (Å²) in [5.41, 5.74) is 0. The Morgan fingerprint density at radius 3 is 2.83 bits per heavy atom. The fourth-order valence-corrected chi connectivity index (χ4v) is 3.70. The van der Waals surface area contributed by atoms with E-state index in [0.717, 1.165) is 12.4 Å². The lowest BCUT2D eigenvalue weighted by Gasteiger charge is -2.30. The van der Waals surface area contributed by atoms with Crippen LogP contribution in [0.5, 0.6) is 0 Å². The van der Waals surface area contributed by atoms with Crippen LogP contribution in [0.25, 0.3) is 0 Å². The summed E-state index contributed by atoms with van der Waals surface area (Å²) in [5, 5.41) is 3.39. The summed E-state index contributed by atoms with van der Waals surface area (Å²) in [6, 6.07) is 0.183. The van der Waals surface area contributed by atoms with E-state index in [9.17, 15) is 8.42 Å². The van der Waals surface area contributed by atoms with Crippen molar-refractivity contribution < 1.29 is 8.42 Å². The highest BCUT2D eigenvalue weighted by Gasteiger charge is 2.30. The molecule has 102 valence electrons. The SMILES string of the molecule is CCn1cc(S(=O)(=O)N2CCN[C@@H](C)C2)nc1C. The van der Waals surface area contributed by atoms with E-state index in [4.69, 9.17) is 0 Å². The molecule has 0 amide bonds. The third-order valence-electron chi connectivity index (χ3n) is 3.23. The molecular weight excluding hydrogens is 252 g/mol. The molecule has 0 unspecified atom stereocenters. The Labute approximate surface area is 108 Å². The van der Waals surface area contributed by atoms with Crippen molar-refractivity contribution in [3.05, 3.63) is 12.0 Å². The summed E-state index contributed by atoms with van der Waals surface area (Å²) in [6.07, 6.45) is 1.62. The molecule has 1 aromatic rings. The minimum Gasteiger partial charge on any atom is -0.334 e. The third kappa shape index (κ3) is 2.43. The Kier molecular flexibility index (Phi) is 3.74. The van der Waals surface area contributed by atoms with Crippen molar-refractivity contribution >= 4 is 10.0 Å². The van der Waals surface area contributed by atoms with E-state index in [0.29, 0.717) is 19.6 Å². The first-order chi connectivity index (χ1) is 8.45. The monoisotopic (exact) mass is 272 g/mol. The molecule has 7 heteroatoms. The van der Waals surface area contributed by atoms with Gasteiger partial charge in [-0.1, -0.05) is 0 Å². The third-order valence-corrected chi connectivity index (χ3v) is 4.97. The summed E-state index contributed by atoms with van der Waals surface area (Å²) in [7, 11) is -3.45. The molecule has 2 rings (SSSR count). The number of aryl methyl sites for hydroxylation is 2. The van der Waals surface area contributed by atoms with Crippen molar-refractivity contribution in [2.24, 2.45) is 0 Å². The van der Waals surface area contributed by atoms with Crippen LogP contribution < -0.4 is 5.32 Å². The minimum absolute atomic E-state index is 0.163. The lowest BCUT2D eigenvalue weighted by Crippen LogP contribution is -2.51. The molecule has 18 heavy (non-hydrogen) atoms. The van der Waals surface area contributed by atoms with Gasteiger partial charge in [0, 0.05) is 38.4 Å². The van der Waals surface area contributed by atoms with Gasteiger partial charge in [-0.15, -0.1) is 0 Å². The Morgan fingerprint density at radius 1 is 1.56 bits per heavy atom. The van der Waals surface area contributed by atoms with Crippen LogP contribution in [-0.2, 0) is 16.6 Å². The van der Waals surface area contributed by atoms with E-state index in [-0.39, 0.29) is 11.1 Å². The van der Waals surface area contributed by atoms with Gasteiger partial charge in [0.1, 0.15) is 5.82 Å². The van der Waals surface area contributed by atoms with Crippen LogP contribution in [0.15, 0.2) is 11.2 Å². The van der Waals surface area contributed by atoms with Gasteiger partial charge in [0.15, 0.2) is 5.03 Å². The van der Waals surface area contributed by atoms with Crippen LogP contribution in [0.2, 0.25) is 0 Å². The second kappa shape index (κ2) is 4.99. The first-order valence-corrected chi connectivity index (χ1v) is 7.66. The molecule has 1 aliphatic heterocycles. The molecule has 0 aliphatic carbocycles. The number of hydrogen-bond donors (Lipinski definition) is 1. The lowest BCUT2D eigenvalue weighted by molar-refractivity contribution is 0.309. The summed E-state index contributed by atoms with van der Waals surface area (Å²) >= 11 is 0. The van der Waals surface area contributed by atoms with E-state index in [1.165, 1.54) is 4.31 Å². The average molecular weight is 272 g/mol. The smallest absolute Gasteiger partial charge is 0.262 e. The molecule has 1 atom stereocenters. The molecule has 1 fully saturated rings. The number of rotatable bonds is 3. The van der Waals surface area contributed by atoms with Crippen molar-refractivity contribution in [1.29, 1.82) is 0 Å². The Morgan fingerprint density at radius 2 is 2.28 bits per heavy atom. The zero-order valence-electron chi connectivity index (χ0n) is 11.0. The van der Waals surface area contributed by atoms with Gasteiger partial charge in [-0.25, -0.2) is 13.4 Å². The van der Waals surface area contributed by atoms with Crippen LogP contribution in [0, 0.1) is 6.92 Å². The number of nitrogens with zero attached hydrogens (tertiary/aromatic N) is 3.